The van der Waals surface area contributed by atoms with Gasteiger partial charge in [0.05, 0.1) is 5.56 Å². The zero-order valence-corrected chi connectivity index (χ0v) is 11.6. The van der Waals surface area contributed by atoms with E-state index in [4.69, 9.17) is 11.6 Å². The second-order valence-electron chi connectivity index (χ2n) is 4.46. The van der Waals surface area contributed by atoms with Crippen LogP contribution in [0.2, 0.25) is 5.02 Å². The molecular weight excluding hydrogens is 278 g/mol. The molecule has 0 atom stereocenters. The molecule has 0 bridgehead atoms. The molecule has 0 aliphatic rings. The standard InChI is InChI=1S/C15H14ClNO3/c1-17(9-10-4-2-5-11(16)8-10)15(20)12-6-3-7-13(18)14(12)19/h2-8,18-19H,9H2,1H3. The van der Waals surface area contributed by atoms with Crippen molar-refractivity contribution in [3.8, 4) is 11.5 Å². The van der Waals surface area contributed by atoms with Crippen LogP contribution in [-0.4, -0.2) is 28.1 Å². The highest BCUT2D eigenvalue weighted by molar-refractivity contribution is 6.30. The lowest BCUT2D eigenvalue weighted by molar-refractivity contribution is 0.0781. The van der Waals surface area contributed by atoms with Gasteiger partial charge in [0, 0.05) is 18.6 Å². The zero-order chi connectivity index (χ0) is 14.7. The van der Waals surface area contributed by atoms with Crippen molar-refractivity contribution in [2.45, 2.75) is 6.54 Å². The van der Waals surface area contributed by atoms with Crippen molar-refractivity contribution in [1.82, 2.24) is 4.90 Å². The Kier molecular flexibility index (Phi) is 4.15. The van der Waals surface area contributed by atoms with Crippen molar-refractivity contribution in [3.63, 3.8) is 0 Å². The minimum atomic E-state index is -0.407. The van der Waals surface area contributed by atoms with Gasteiger partial charge in [0.25, 0.3) is 5.91 Å². The molecule has 0 heterocycles. The van der Waals surface area contributed by atoms with E-state index < -0.39 is 5.75 Å². The molecular formula is C15H14ClNO3. The SMILES string of the molecule is CN(Cc1cccc(Cl)c1)C(=O)c1cccc(O)c1O. The predicted octanol–water partition coefficient (Wildman–Crippen LogP) is 3.02. The van der Waals surface area contributed by atoms with Crippen LogP contribution in [0, 0.1) is 0 Å². The van der Waals surface area contributed by atoms with Crippen molar-refractivity contribution in [2.24, 2.45) is 0 Å². The number of aromatic hydroxyl groups is 2. The summed E-state index contributed by atoms with van der Waals surface area (Å²) in [6.07, 6.45) is 0. The monoisotopic (exact) mass is 291 g/mol. The fourth-order valence-corrected chi connectivity index (χ4v) is 2.10. The van der Waals surface area contributed by atoms with Crippen LogP contribution in [-0.2, 0) is 6.54 Å². The second kappa shape index (κ2) is 5.84. The van der Waals surface area contributed by atoms with Crippen LogP contribution in [0.4, 0.5) is 0 Å². The summed E-state index contributed by atoms with van der Waals surface area (Å²) < 4.78 is 0. The van der Waals surface area contributed by atoms with E-state index in [9.17, 15) is 15.0 Å². The zero-order valence-electron chi connectivity index (χ0n) is 10.9. The molecule has 0 fully saturated rings. The molecule has 0 radical (unpaired) electrons. The summed E-state index contributed by atoms with van der Waals surface area (Å²) in [4.78, 5) is 13.7. The van der Waals surface area contributed by atoms with Gasteiger partial charge in [-0.05, 0) is 29.8 Å². The molecule has 5 heteroatoms. The molecule has 0 aliphatic heterocycles. The number of phenolic OH excluding ortho intramolecular Hbond substituents is 2. The van der Waals surface area contributed by atoms with Gasteiger partial charge in [-0.25, -0.2) is 0 Å². The van der Waals surface area contributed by atoms with Gasteiger partial charge >= 0.3 is 0 Å². The Morgan fingerprint density at radius 1 is 1.20 bits per heavy atom. The number of amides is 1. The first-order valence-electron chi connectivity index (χ1n) is 6.00. The average Bonchev–Trinajstić information content (AvgIpc) is 2.41. The lowest BCUT2D eigenvalue weighted by Crippen LogP contribution is -2.26. The normalized spacial score (nSPS) is 10.3. The Bertz CT molecular complexity index is 643. The first-order valence-corrected chi connectivity index (χ1v) is 6.37. The minimum Gasteiger partial charge on any atom is -0.504 e. The highest BCUT2D eigenvalue weighted by atomic mass is 35.5. The summed E-state index contributed by atoms with van der Waals surface area (Å²) in [6, 6.07) is 11.5. The van der Waals surface area contributed by atoms with Gasteiger partial charge in [0.15, 0.2) is 11.5 Å². The summed E-state index contributed by atoms with van der Waals surface area (Å²) in [7, 11) is 1.62. The van der Waals surface area contributed by atoms with Gasteiger partial charge in [-0.3, -0.25) is 4.79 Å². The maximum absolute atomic E-state index is 12.2. The average molecular weight is 292 g/mol. The molecule has 2 aromatic rings. The van der Waals surface area contributed by atoms with Crippen LogP contribution >= 0.6 is 11.6 Å². The number of hydrogen-bond acceptors (Lipinski definition) is 3. The van der Waals surface area contributed by atoms with E-state index in [0.717, 1.165) is 5.56 Å². The van der Waals surface area contributed by atoms with Crippen LogP contribution in [0.1, 0.15) is 15.9 Å². The molecule has 2 N–H and O–H groups in total. The Balaban J connectivity index is 2.19. The number of phenols is 2. The van der Waals surface area contributed by atoms with Crippen molar-refractivity contribution < 1.29 is 15.0 Å². The number of hydrogen-bond donors (Lipinski definition) is 2. The van der Waals surface area contributed by atoms with Gasteiger partial charge in [0.2, 0.25) is 0 Å². The number of halogens is 1. The quantitative estimate of drug-likeness (QED) is 0.855. The summed E-state index contributed by atoms with van der Waals surface area (Å²) >= 11 is 5.89. The second-order valence-corrected chi connectivity index (χ2v) is 4.90. The van der Waals surface area contributed by atoms with E-state index in [-0.39, 0.29) is 17.2 Å². The Morgan fingerprint density at radius 3 is 2.60 bits per heavy atom. The van der Waals surface area contributed by atoms with E-state index in [0.29, 0.717) is 11.6 Å². The Hall–Kier alpha value is -2.20. The molecule has 0 aliphatic carbocycles. The van der Waals surface area contributed by atoms with Gasteiger partial charge in [-0.1, -0.05) is 29.8 Å². The molecule has 0 spiro atoms. The molecule has 0 saturated heterocycles. The van der Waals surface area contributed by atoms with Crippen LogP contribution in [0.15, 0.2) is 42.5 Å². The summed E-state index contributed by atoms with van der Waals surface area (Å²) in [5, 5.41) is 19.7. The first-order chi connectivity index (χ1) is 9.49. The number of benzene rings is 2. The van der Waals surface area contributed by atoms with E-state index in [1.165, 1.54) is 23.1 Å². The van der Waals surface area contributed by atoms with E-state index in [1.54, 1.807) is 19.2 Å². The fourth-order valence-electron chi connectivity index (χ4n) is 1.89. The van der Waals surface area contributed by atoms with Crippen molar-refractivity contribution in [3.05, 3.63) is 58.6 Å². The maximum atomic E-state index is 12.2. The number of rotatable bonds is 3. The largest absolute Gasteiger partial charge is 0.504 e. The van der Waals surface area contributed by atoms with Crippen LogP contribution < -0.4 is 0 Å². The van der Waals surface area contributed by atoms with E-state index in [2.05, 4.69) is 0 Å². The van der Waals surface area contributed by atoms with Crippen molar-refractivity contribution >= 4 is 17.5 Å². The third kappa shape index (κ3) is 3.03. The smallest absolute Gasteiger partial charge is 0.257 e. The predicted molar refractivity (Wildman–Crippen MR) is 77.0 cm³/mol. The number of para-hydroxylation sites is 1. The molecule has 20 heavy (non-hydrogen) atoms. The van der Waals surface area contributed by atoms with Crippen LogP contribution in [0.5, 0.6) is 11.5 Å². The fraction of sp³-hybridized carbons (Fsp3) is 0.133. The molecule has 0 aromatic heterocycles. The Morgan fingerprint density at radius 2 is 1.90 bits per heavy atom. The number of carbonyl (C=O) groups excluding carboxylic acids is 1. The molecule has 1 amide bonds. The van der Waals surface area contributed by atoms with Crippen LogP contribution in [0.3, 0.4) is 0 Å². The molecule has 2 rings (SSSR count). The maximum Gasteiger partial charge on any atom is 0.257 e. The van der Waals surface area contributed by atoms with Gasteiger partial charge in [0.1, 0.15) is 0 Å². The van der Waals surface area contributed by atoms with Crippen molar-refractivity contribution in [2.75, 3.05) is 7.05 Å². The first kappa shape index (κ1) is 14.2. The van der Waals surface area contributed by atoms with E-state index >= 15 is 0 Å². The lowest BCUT2D eigenvalue weighted by atomic mass is 10.1. The van der Waals surface area contributed by atoms with Gasteiger partial charge in [-0.15, -0.1) is 0 Å². The van der Waals surface area contributed by atoms with E-state index in [1.807, 2.05) is 12.1 Å². The molecule has 0 saturated carbocycles. The summed E-state index contributed by atoms with van der Waals surface area (Å²) in [6.45, 7) is 0.356. The molecule has 0 unspecified atom stereocenters. The third-order valence-electron chi connectivity index (χ3n) is 2.90. The lowest BCUT2D eigenvalue weighted by Gasteiger charge is -2.18. The number of nitrogens with zero attached hydrogens (tertiary/aromatic N) is 1. The minimum absolute atomic E-state index is 0.0644. The van der Waals surface area contributed by atoms with Crippen molar-refractivity contribution in [1.29, 1.82) is 0 Å². The highest BCUT2D eigenvalue weighted by Gasteiger charge is 2.17. The molecule has 104 valence electrons. The highest BCUT2D eigenvalue weighted by Crippen LogP contribution is 2.29. The van der Waals surface area contributed by atoms with Gasteiger partial charge in [-0.2, -0.15) is 0 Å². The number of carbonyl (C=O) groups is 1. The van der Waals surface area contributed by atoms with Crippen LogP contribution in [0.25, 0.3) is 0 Å². The Labute approximate surface area is 121 Å². The molecule has 4 nitrogen and oxygen atoms in total. The van der Waals surface area contributed by atoms with Gasteiger partial charge < -0.3 is 15.1 Å². The molecule has 2 aromatic carbocycles. The topological polar surface area (TPSA) is 60.8 Å². The summed E-state index contributed by atoms with van der Waals surface area (Å²) in [5.41, 5.74) is 0.947. The summed E-state index contributed by atoms with van der Waals surface area (Å²) in [5.74, 6) is -1.10. The third-order valence-corrected chi connectivity index (χ3v) is 3.14.